The molecule has 1 amide bonds. The Kier molecular flexibility index (Phi) is 3.70. The number of aromatic nitrogens is 3. The van der Waals surface area contributed by atoms with E-state index in [-0.39, 0.29) is 5.91 Å². The fourth-order valence-electron chi connectivity index (χ4n) is 2.26. The third-order valence-corrected chi connectivity index (χ3v) is 3.37. The van der Waals surface area contributed by atoms with Crippen LogP contribution in [0.3, 0.4) is 0 Å². The van der Waals surface area contributed by atoms with Gasteiger partial charge in [-0.3, -0.25) is 14.9 Å². The summed E-state index contributed by atoms with van der Waals surface area (Å²) in [6.07, 6.45) is 1.60. The molecule has 0 unspecified atom stereocenters. The van der Waals surface area contributed by atoms with Crippen molar-refractivity contribution in [1.29, 1.82) is 0 Å². The van der Waals surface area contributed by atoms with Gasteiger partial charge in [0, 0.05) is 11.8 Å². The van der Waals surface area contributed by atoms with E-state index in [1.165, 1.54) is 0 Å². The molecule has 0 atom stereocenters. The smallest absolute Gasteiger partial charge is 0.274 e. The van der Waals surface area contributed by atoms with Crippen molar-refractivity contribution in [3.05, 3.63) is 65.6 Å². The van der Waals surface area contributed by atoms with Gasteiger partial charge in [0.2, 0.25) is 0 Å². The number of H-pyrrole nitrogens is 1. The van der Waals surface area contributed by atoms with Gasteiger partial charge in [-0.15, -0.1) is 0 Å². The molecule has 2 N–H and O–H groups in total. The summed E-state index contributed by atoms with van der Waals surface area (Å²) in [4.78, 5) is 16.4. The van der Waals surface area contributed by atoms with Gasteiger partial charge in [-0.2, -0.15) is 5.10 Å². The summed E-state index contributed by atoms with van der Waals surface area (Å²) in [5, 5.41) is 10.1. The average Bonchev–Trinajstić information content (AvgIpc) is 2.89. The lowest BCUT2D eigenvalue weighted by Crippen LogP contribution is -2.14. The Hall–Kier alpha value is -2.95. The highest BCUT2D eigenvalue weighted by Gasteiger charge is 2.16. The zero-order valence-electron chi connectivity index (χ0n) is 12.4. The number of carbonyl (C=O) groups is 1. The number of hydrogen-bond donors (Lipinski definition) is 2. The lowest BCUT2D eigenvalue weighted by molar-refractivity contribution is 0.102. The highest BCUT2D eigenvalue weighted by molar-refractivity contribution is 6.05. The molecular formula is C17H16N4O. The van der Waals surface area contributed by atoms with E-state index in [9.17, 15) is 4.79 Å². The van der Waals surface area contributed by atoms with Crippen LogP contribution in [0.1, 0.15) is 21.7 Å². The molecule has 3 rings (SSSR count). The van der Waals surface area contributed by atoms with Crippen molar-refractivity contribution in [2.75, 3.05) is 5.32 Å². The summed E-state index contributed by atoms with van der Waals surface area (Å²) in [6.45, 7) is 3.90. The first kappa shape index (κ1) is 14.0. The molecule has 0 aliphatic rings. The van der Waals surface area contributed by atoms with Crippen LogP contribution in [0, 0.1) is 13.8 Å². The van der Waals surface area contributed by atoms with Crippen LogP contribution in [0.15, 0.2) is 48.7 Å². The number of aromatic amines is 1. The van der Waals surface area contributed by atoms with Gasteiger partial charge in [0.15, 0.2) is 0 Å². The maximum atomic E-state index is 12.3. The normalized spacial score (nSPS) is 10.5. The highest BCUT2D eigenvalue weighted by atomic mass is 16.1. The molecule has 3 aromatic rings. The molecule has 0 saturated heterocycles. The van der Waals surface area contributed by atoms with Crippen LogP contribution in [0.5, 0.6) is 0 Å². The van der Waals surface area contributed by atoms with E-state index in [1.54, 1.807) is 24.4 Å². The molecule has 0 spiro atoms. The fourth-order valence-corrected chi connectivity index (χ4v) is 2.26. The Balaban J connectivity index is 1.95. The summed E-state index contributed by atoms with van der Waals surface area (Å²) in [5.74, 6) is -0.251. The molecule has 5 nitrogen and oxygen atoms in total. The topological polar surface area (TPSA) is 70.7 Å². The largest absolute Gasteiger partial charge is 0.317 e. The van der Waals surface area contributed by atoms with Gasteiger partial charge in [0.05, 0.1) is 11.4 Å². The molecule has 1 aromatic carbocycles. The second-order valence-corrected chi connectivity index (χ2v) is 5.11. The standard InChI is InChI=1S/C17H16N4O/c1-11-6-5-7-13(10-11)16-15(12(2)20-21-16)19-17(22)14-8-3-4-9-18-14/h3-10H,1-2H3,(H,19,22)(H,20,21). The van der Waals surface area contributed by atoms with E-state index in [0.717, 1.165) is 22.5 Å². The molecule has 22 heavy (non-hydrogen) atoms. The minimum atomic E-state index is -0.251. The molecule has 2 aromatic heterocycles. The second kappa shape index (κ2) is 5.81. The number of aryl methyl sites for hydroxylation is 2. The van der Waals surface area contributed by atoms with Crippen molar-refractivity contribution in [1.82, 2.24) is 15.2 Å². The molecule has 0 aliphatic heterocycles. The maximum absolute atomic E-state index is 12.3. The number of carbonyl (C=O) groups excluding carboxylic acids is 1. The third kappa shape index (κ3) is 2.74. The number of amides is 1. The Morgan fingerprint density at radius 2 is 2.00 bits per heavy atom. The van der Waals surface area contributed by atoms with Gasteiger partial charge in [-0.1, -0.05) is 29.8 Å². The van der Waals surface area contributed by atoms with Crippen LogP contribution in [0.2, 0.25) is 0 Å². The van der Waals surface area contributed by atoms with Gasteiger partial charge in [0.1, 0.15) is 11.4 Å². The summed E-state index contributed by atoms with van der Waals surface area (Å²) in [7, 11) is 0. The Morgan fingerprint density at radius 3 is 2.73 bits per heavy atom. The molecule has 2 heterocycles. The SMILES string of the molecule is Cc1cccc(-c2n[nH]c(C)c2NC(=O)c2ccccn2)c1. The number of anilines is 1. The predicted molar refractivity (Wildman–Crippen MR) is 85.7 cm³/mol. The van der Waals surface area contributed by atoms with Crippen molar-refractivity contribution in [2.45, 2.75) is 13.8 Å². The van der Waals surface area contributed by atoms with E-state index in [4.69, 9.17) is 0 Å². The third-order valence-electron chi connectivity index (χ3n) is 3.37. The zero-order valence-corrected chi connectivity index (χ0v) is 12.4. The quantitative estimate of drug-likeness (QED) is 0.777. The van der Waals surface area contributed by atoms with Crippen molar-refractivity contribution in [3.63, 3.8) is 0 Å². The van der Waals surface area contributed by atoms with Gasteiger partial charge in [0.25, 0.3) is 5.91 Å². The number of rotatable bonds is 3. The molecule has 0 aliphatic carbocycles. The molecular weight excluding hydrogens is 276 g/mol. The predicted octanol–water partition coefficient (Wildman–Crippen LogP) is 3.34. The Labute approximate surface area is 128 Å². The van der Waals surface area contributed by atoms with E-state index in [1.807, 2.05) is 38.1 Å². The highest BCUT2D eigenvalue weighted by Crippen LogP contribution is 2.29. The van der Waals surface area contributed by atoms with E-state index < -0.39 is 0 Å². The van der Waals surface area contributed by atoms with Gasteiger partial charge in [-0.25, -0.2) is 0 Å². The van der Waals surface area contributed by atoms with Crippen LogP contribution in [0.25, 0.3) is 11.3 Å². The molecule has 0 bridgehead atoms. The second-order valence-electron chi connectivity index (χ2n) is 5.11. The first-order chi connectivity index (χ1) is 10.6. The Bertz CT molecular complexity index is 809. The average molecular weight is 292 g/mol. The molecule has 5 heteroatoms. The van der Waals surface area contributed by atoms with Crippen LogP contribution in [-0.2, 0) is 0 Å². The minimum Gasteiger partial charge on any atom is -0.317 e. The fraction of sp³-hybridized carbons (Fsp3) is 0.118. The molecule has 110 valence electrons. The van der Waals surface area contributed by atoms with Crippen LogP contribution >= 0.6 is 0 Å². The van der Waals surface area contributed by atoms with Gasteiger partial charge < -0.3 is 5.32 Å². The number of hydrogen-bond acceptors (Lipinski definition) is 3. The maximum Gasteiger partial charge on any atom is 0.274 e. The van der Waals surface area contributed by atoms with Crippen molar-refractivity contribution < 1.29 is 4.79 Å². The van der Waals surface area contributed by atoms with E-state index in [0.29, 0.717) is 11.4 Å². The number of nitrogens with one attached hydrogen (secondary N) is 2. The van der Waals surface area contributed by atoms with Crippen LogP contribution < -0.4 is 5.32 Å². The minimum absolute atomic E-state index is 0.251. The molecule has 0 saturated carbocycles. The first-order valence-corrected chi connectivity index (χ1v) is 6.99. The summed E-state index contributed by atoms with van der Waals surface area (Å²) < 4.78 is 0. The van der Waals surface area contributed by atoms with Crippen molar-refractivity contribution >= 4 is 11.6 Å². The Morgan fingerprint density at radius 1 is 1.14 bits per heavy atom. The molecule has 0 radical (unpaired) electrons. The molecule has 0 fully saturated rings. The van der Waals surface area contributed by atoms with E-state index in [2.05, 4.69) is 20.5 Å². The van der Waals surface area contributed by atoms with Crippen molar-refractivity contribution in [2.24, 2.45) is 0 Å². The summed E-state index contributed by atoms with van der Waals surface area (Å²) in [5.41, 5.74) is 4.69. The van der Waals surface area contributed by atoms with Gasteiger partial charge >= 0.3 is 0 Å². The van der Waals surface area contributed by atoms with Crippen LogP contribution in [-0.4, -0.2) is 21.1 Å². The number of pyridine rings is 1. The lowest BCUT2D eigenvalue weighted by atomic mass is 10.1. The van der Waals surface area contributed by atoms with Crippen LogP contribution in [0.4, 0.5) is 5.69 Å². The lowest BCUT2D eigenvalue weighted by Gasteiger charge is -2.07. The summed E-state index contributed by atoms with van der Waals surface area (Å²) >= 11 is 0. The monoisotopic (exact) mass is 292 g/mol. The van der Waals surface area contributed by atoms with Gasteiger partial charge in [-0.05, 0) is 32.0 Å². The zero-order chi connectivity index (χ0) is 15.5. The number of benzene rings is 1. The number of nitrogens with zero attached hydrogens (tertiary/aromatic N) is 2. The summed E-state index contributed by atoms with van der Waals surface area (Å²) in [6, 6.07) is 13.2. The van der Waals surface area contributed by atoms with Crippen molar-refractivity contribution in [3.8, 4) is 11.3 Å². The van der Waals surface area contributed by atoms with E-state index >= 15 is 0 Å². The first-order valence-electron chi connectivity index (χ1n) is 6.99.